The van der Waals surface area contributed by atoms with Crippen molar-refractivity contribution in [1.82, 2.24) is 15.3 Å². The first kappa shape index (κ1) is 26.0. The quantitative estimate of drug-likeness (QED) is 0.347. The molecule has 3 aromatic rings. The van der Waals surface area contributed by atoms with Gasteiger partial charge in [0, 0.05) is 31.9 Å². The van der Waals surface area contributed by atoms with Crippen LogP contribution in [0.25, 0.3) is 0 Å². The number of nitrogens with two attached hydrogens (primary N) is 1. The van der Waals surface area contributed by atoms with Gasteiger partial charge >= 0.3 is 0 Å². The molecular formula is C26H30ClN7O3. The number of hydrogen-bond acceptors (Lipinski definition) is 8. The molecule has 0 saturated carbocycles. The second-order valence-electron chi connectivity index (χ2n) is 9.10. The van der Waals surface area contributed by atoms with Crippen LogP contribution in [0.1, 0.15) is 30.1 Å². The molecule has 1 aromatic heterocycles. The number of nitrogens with zero attached hydrogens (tertiary/aromatic N) is 3. The third-order valence-corrected chi connectivity index (χ3v) is 6.76. The molecule has 11 heteroatoms. The average molecular weight is 524 g/mol. The van der Waals surface area contributed by atoms with Crippen molar-refractivity contribution in [3.63, 3.8) is 0 Å². The molecule has 0 aliphatic carbocycles. The minimum Gasteiger partial charge on any atom is -0.494 e. The van der Waals surface area contributed by atoms with E-state index >= 15 is 0 Å². The minimum atomic E-state index is -0.570. The third-order valence-electron chi connectivity index (χ3n) is 6.48. The summed E-state index contributed by atoms with van der Waals surface area (Å²) >= 11 is 6.35. The zero-order chi connectivity index (χ0) is 26.6. The number of carbonyl (C=O) groups excluding carboxylic acids is 2. The van der Waals surface area contributed by atoms with E-state index in [9.17, 15) is 9.59 Å². The highest BCUT2D eigenvalue weighted by atomic mass is 35.5. The molecule has 1 saturated heterocycles. The van der Waals surface area contributed by atoms with Gasteiger partial charge in [-0.05, 0) is 44.0 Å². The van der Waals surface area contributed by atoms with Gasteiger partial charge in [-0.25, -0.2) is 4.98 Å². The largest absolute Gasteiger partial charge is 0.494 e. The van der Waals surface area contributed by atoms with Crippen molar-refractivity contribution < 1.29 is 14.3 Å². The molecule has 5 N–H and O–H groups in total. The molecule has 0 radical (unpaired) electrons. The number of carbonyl (C=O) groups is 2. The molecule has 0 unspecified atom stereocenters. The number of anilines is 5. The lowest BCUT2D eigenvalue weighted by atomic mass is 9.81. The van der Waals surface area contributed by atoms with Crippen molar-refractivity contribution in [2.24, 2.45) is 11.1 Å². The van der Waals surface area contributed by atoms with Crippen molar-refractivity contribution in [2.45, 2.75) is 19.8 Å². The van der Waals surface area contributed by atoms with Gasteiger partial charge in [0.15, 0.2) is 5.82 Å². The summed E-state index contributed by atoms with van der Waals surface area (Å²) < 4.78 is 5.63. The minimum absolute atomic E-state index is 0.235. The van der Waals surface area contributed by atoms with Crippen molar-refractivity contribution in [1.29, 1.82) is 0 Å². The predicted octanol–water partition coefficient (Wildman–Crippen LogP) is 4.08. The Morgan fingerprint density at radius 2 is 1.95 bits per heavy atom. The average Bonchev–Trinajstić information content (AvgIpc) is 2.90. The Balaban J connectivity index is 1.56. The van der Waals surface area contributed by atoms with Gasteiger partial charge < -0.3 is 31.3 Å². The standard InChI is InChI=1S/C26H30ClN7O3/c1-26(24(28)36)11-6-12-34(15-26)16-9-10-20(21(13-16)37-3)32-25-30-14-18(27)22(33-25)31-19-8-5-4-7-17(19)23(35)29-2/h4-5,7-10,13-14H,6,11-12,15H2,1-3H3,(H2,28,36)(H,29,35)(H2,30,31,32,33)/t26-/m1/s1. The van der Waals surface area contributed by atoms with Crippen LogP contribution in [0.2, 0.25) is 5.02 Å². The van der Waals surface area contributed by atoms with E-state index in [0.29, 0.717) is 40.1 Å². The normalized spacial score (nSPS) is 17.1. The van der Waals surface area contributed by atoms with Crippen LogP contribution in [-0.4, -0.2) is 49.0 Å². The van der Waals surface area contributed by atoms with E-state index in [2.05, 4.69) is 30.8 Å². The Bertz CT molecular complexity index is 1320. The number of ether oxygens (including phenoxy) is 1. The summed E-state index contributed by atoms with van der Waals surface area (Å²) in [6.45, 7) is 3.28. The van der Waals surface area contributed by atoms with E-state index in [4.69, 9.17) is 22.1 Å². The number of piperidine rings is 1. The number of rotatable bonds is 8. The number of nitrogens with one attached hydrogen (secondary N) is 3. The van der Waals surface area contributed by atoms with E-state index in [1.54, 1.807) is 32.4 Å². The van der Waals surface area contributed by atoms with Gasteiger partial charge in [-0.3, -0.25) is 9.59 Å². The molecule has 37 heavy (non-hydrogen) atoms. The van der Waals surface area contributed by atoms with E-state index in [-0.39, 0.29) is 17.8 Å². The second kappa shape index (κ2) is 10.9. The molecule has 2 amide bonds. The highest BCUT2D eigenvalue weighted by molar-refractivity contribution is 6.33. The fraction of sp³-hybridized carbons (Fsp3) is 0.308. The lowest BCUT2D eigenvalue weighted by molar-refractivity contribution is -0.127. The van der Waals surface area contributed by atoms with Gasteiger partial charge in [0.1, 0.15) is 10.8 Å². The Labute approximate surface area is 220 Å². The molecular weight excluding hydrogens is 494 g/mol. The maximum atomic E-state index is 12.2. The van der Waals surface area contributed by atoms with Gasteiger partial charge in [-0.15, -0.1) is 0 Å². The maximum absolute atomic E-state index is 12.2. The molecule has 4 rings (SSSR count). The fourth-order valence-corrected chi connectivity index (χ4v) is 4.47. The summed E-state index contributed by atoms with van der Waals surface area (Å²) in [4.78, 5) is 35.1. The number of amides is 2. The Kier molecular flexibility index (Phi) is 7.68. The maximum Gasteiger partial charge on any atom is 0.253 e. The van der Waals surface area contributed by atoms with Crippen LogP contribution in [0.15, 0.2) is 48.7 Å². The van der Waals surface area contributed by atoms with Crippen LogP contribution in [-0.2, 0) is 4.79 Å². The molecule has 0 bridgehead atoms. The van der Waals surface area contributed by atoms with Crippen LogP contribution < -0.4 is 31.3 Å². The van der Waals surface area contributed by atoms with Crippen LogP contribution in [0.5, 0.6) is 5.75 Å². The number of aromatic nitrogens is 2. The van der Waals surface area contributed by atoms with Crippen molar-refractivity contribution in [3.8, 4) is 5.75 Å². The molecule has 1 aliphatic rings. The number of benzene rings is 2. The summed E-state index contributed by atoms with van der Waals surface area (Å²) in [6.07, 6.45) is 3.12. The van der Waals surface area contributed by atoms with E-state index in [1.165, 1.54) is 6.20 Å². The Morgan fingerprint density at radius 3 is 2.68 bits per heavy atom. The van der Waals surface area contributed by atoms with E-state index < -0.39 is 5.41 Å². The molecule has 10 nitrogen and oxygen atoms in total. The van der Waals surface area contributed by atoms with Crippen molar-refractivity contribution >= 4 is 52.2 Å². The molecule has 1 fully saturated rings. The zero-order valence-electron chi connectivity index (χ0n) is 21.0. The lowest BCUT2D eigenvalue weighted by Crippen LogP contribution is -2.48. The van der Waals surface area contributed by atoms with Gasteiger partial charge in [-0.2, -0.15) is 4.98 Å². The first-order valence-electron chi connectivity index (χ1n) is 11.8. The van der Waals surface area contributed by atoms with Crippen LogP contribution in [0.4, 0.5) is 28.8 Å². The highest BCUT2D eigenvalue weighted by Crippen LogP contribution is 2.36. The number of para-hydroxylation sites is 1. The number of methoxy groups -OCH3 is 1. The number of halogens is 1. The number of hydrogen-bond donors (Lipinski definition) is 4. The van der Waals surface area contributed by atoms with E-state index in [0.717, 1.165) is 25.1 Å². The molecule has 1 aliphatic heterocycles. The molecule has 194 valence electrons. The molecule has 2 heterocycles. The first-order valence-corrected chi connectivity index (χ1v) is 12.2. The summed E-state index contributed by atoms with van der Waals surface area (Å²) in [5, 5.41) is 9.21. The Hall–Kier alpha value is -4.05. The summed E-state index contributed by atoms with van der Waals surface area (Å²) in [6, 6.07) is 12.8. The van der Waals surface area contributed by atoms with Crippen LogP contribution in [0.3, 0.4) is 0 Å². The van der Waals surface area contributed by atoms with Crippen LogP contribution >= 0.6 is 11.6 Å². The van der Waals surface area contributed by atoms with Gasteiger partial charge in [-0.1, -0.05) is 23.7 Å². The predicted molar refractivity (Wildman–Crippen MR) is 145 cm³/mol. The molecule has 2 aromatic carbocycles. The monoisotopic (exact) mass is 523 g/mol. The van der Waals surface area contributed by atoms with Crippen molar-refractivity contribution in [2.75, 3.05) is 42.8 Å². The smallest absolute Gasteiger partial charge is 0.253 e. The number of primary amides is 1. The lowest BCUT2D eigenvalue weighted by Gasteiger charge is -2.39. The molecule has 1 atom stereocenters. The molecule has 0 spiro atoms. The second-order valence-corrected chi connectivity index (χ2v) is 9.51. The topological polar surface area (TPSA) is 134 Å². The van der Waals surface area contributed by atoms with Gasteiger partial charge in [0.25, 0.3) is 5.91 Å². The zero-order valence-corrected chi connectivity index (χ0v) is 21.7. The summed E-state index contributed by atoms with van der Waals surface area (Å²) in [5.74, 6) is 0.688. The Morgan fingerprint density at radius 1 is 1.16 bits per heavy atom. The highest BCUT2D eigenvalue weighted by Gasteiger charge is 2.36. The van der Waals surface area contributed by atoms with Gasteiger partial charge in [0.05, 0.1) is 35.7 Å². The summed E-state index contributed by atoms with van der Waals surface area (Å²) in [7, 11) is 3.15. The third kappa shape index (κ3) is 5.69. The van der Waals surface area contributed by atoms with Gasteiger partial charge in [0.2, 0.25) is 11.9 Å². The summed E-state index contributed by atoms with van der Waals surface area (Å²) in [5.41, 5.74) is 7.68. The fourth-order valence-electron chi connectivity index (χ4n) is 4.33. The SMILES string of the molecule is CNC(=O)c1ccccc1Nc1nc(Nc2ccc(N3CCC[C@@](C)(C(N)=O)C3)cc2OC)ncc1Cl. The van der Waals surface area contributed by atoms with Crippen molar-refractivity contribution in [3.05, 3.63) is 59.2 Å². The van der Waals surface area contributed by atoms with Crippen LogP contribution in [0, 0.1) is 5.41 Å². The van der Waals surface area contributed by atoms with E-state index in [1.807, 2.05) is 31.2 Å². The first-order chi connectivity index (χ1) is 17.7.